The third-order valence-electron chi connectivity index (χ3n) is 2.61. The van der Waals surface area contributed by atoms with Crippen molar-refractivity contribution in [1.29, 1.82) is 0 Å². The van der Waals surface area contributed by atoms with Gasteiger partial charge in [0.1, 0.15) is 0 Å². The van der Waals surface area contributed by atoms with Crippen LogP contribution in [0.5, 0.6) is 0 Å². The van der Waals surface area contributed by atoms with E-state index in [1.54, 1.807) is 11.9 Å². The van der Waals surface area contributed by atoms with Gasteiger partial charge in [-0.25, -0.2) is 0 Å². The summed E-state index contributed by atoms with van der Waals surface area (Å²) in [4.78, 5) is 24.6. The van der Waals surface area contributed by atoms with Crippen LogP contribution in [-0.4, -0.2) is 43.4 Å². The van der Waals surface area contributed by atoms with Gasteiger partial charge < -0.3 is 16.0 Å². The monoisotopic (exact) mass is 229 g/mol. The van der Waals surface area contributed by atoms with E-state index in [1.165, 1.54) is 0 Å². The van der Waals surface area contributed by atoms with E-state index in [4.69, 9.17) is 5.73 Å². The number of likely N-dealkylation sites (N-methyl/N-ethyl adjacent to an activating group) is 1. The van der Waals surface area contributed by atoms with Crippen molar-refractivity contribution in [3.63, 3.8) is 0 Å². The average Bonchev–Trinajstić information content (AvgIpc) is 2.31. The summed E-state index contributed by atoms with van der Waals surface area (Å²) in [5, 5.41) is 2.62. The molecule has 3 N–H and O–H groups in total. The van der Waals surface area contributed by atoms with Gasteiger partial charge >= 0.3 is 0 Å². The van der Waals surface area contributed by atoms with Crippen LogP contribution in [0.1, 0.15) is 26.7 Å². The first kappa shape index (κ1) is 14.9. The number of nitrogens with two attached hydrogens (primary N) is 1. The molecule has 0 heterocycles. The standard InChI is InChI=1S/C11H23N3O2/c1-4-6-9(7-12)11(16)13-8-10(15)14(3)5-2/h9H,4-8,12H2,1-3H3,(H,13,16). The Labute approximate surface area is 97.4 Å². The highest BCUT2D eigenvalue weighted by atomic mass is 16.2. The van der Waals surface area contributed by atoms with Crippen LogP contribution >= 0.6 is 0 Å². The number of hydrogen-bond acceptors (Lipinski definition) is 3. The number of hydrogen-bond donors (Lipinski definition) is 2. The first-order valence-electron chi connectivity index (χ1n) is 5.78. The minimum absolute atomic E-state index is 0.0589. The van der Waals surface area contributed by atoms with Crippen LogP contribution in [-0.2, 0) is 9.59 Å². The molecule has 0 saturated carbocycles. The zero-order chi connectivity index (χ0) is 12.6. The predicted molar refractivity (Wildman–Crippen MR) is 63.8 cm³/mol. The van der Waals surface area contributed by atoms with Gasteiger partial charge in [-0.3, -0.25) is 9.59 Å². The fourth-order valence-corrected chi connectivity index (χ4v) is 1.32. The van der Waals surface area contributed by atoms with E-state index in [1.807, 2.05) is 13.8 Å². The lowest BCUT2D eigenvalue weighted by Gasteiger charge is -2.17. The third kappa shape index (κ3) is 5.11. The second-order valence-electron chi connectivity index (χ2n) is 3.85. The molecule has 0 aromatic rings. The maximum Gasteiger partial charge on any atom is 0.241 e. The van der Waals surface area contributed by atoms with Gasteiger partial charge in [-0.05, 0) is 13.3 Å². The van der Waals surface area contributed by atoms with Crippen LogP contribution in [0.15, 0.2) is 0 Å². The molecule has 94 valence electrons. The Balaban J connectivity index is 4.00. The molecule has 0 aliphatic rings. The molecule has 1 atom stereocenters. The van der Waals surface area contributed by atoms with Gasteiger partial charge in [0.15, 0.2) is 0 Å². The molecule has 0 saturated heterocycles. The van der Waals surface area contributed by atoms with Crippen LogP contribution in [0.4, 0.5) is 0 Å². The van der Waals surface area contributed by atoms with Crippen molar-refractivity contribution >= 4 is 11.8 Å². The average molecular weight is 229 g/mol. The van der Waals surface area contributed by atoms with E-state index in [9.17, 15) is 9.59 Å². The third-order valence-corrected chi connectivity index (χ3v) is 2.61. The second-order valence-corrected chi connectivity index (χ2v) is 3.85. The number of carbonyl (C=O) groups is 2. The summed E-state index contributed by atoms with van der Waals surface area (Å²) >= 11 is 0. The molecule has 0 radical (unpaired) electrons. The summed E-state index contributed by atoms with van der Waals surface area (Å²) in [6.45, 7) is 4.93. The fourth-order valence-electron chi connectivity index (χ4n) is 1.32. The van der Waals surface area contributed by atoms with Crippen molar-refractivity contribution in [3.05, 3.63) is 0 Å². The predicted octanol–water partition coefficient (Wildman–Crippen LogP) is -0.0441. The van der Waals surface area contributed by atoms with Crippen molar-refractivity contribution in [2.75, 3.05) is 26.7 Å². The molecule has 0 rings (SSSR count). The molecule has 0 aromatic carbocycles. The maximum absolute atomic E-state index is 11.6. The first-order valence-corrected chi connectivity index (χ1v) is 5.78. The van der Waals surface area contributed by atoms with E-state index in [0.717, 1.165) is 12.8 Å². The molecule has 16 heavy (non-hydrogen) atoms. The molecule has 0 bridgehead atoms. The molecular formula is C11H23N3O2. The van der Waals surface area contributed by atoms with Gasteiger partial charge in [-0.1, -0.05) is 13.3 Å². The Kier molecular flexibility index (Phi) is 7.54. The molecular weight excluding hydrogens is 206 g/mol. The van der Waals surface area contributed by atoms with Crippen molar-refractivity contribution < 1.29 is 9.59 Å². The Morgan fingerprint density at radius 1 is 1.38 bits per heavy atom. The van der Waals surface area contributed by atoms with Crippen LogP contribution in [0.2, 0.25) is 0 Å². The van der Waals surface area contributed by atoms with Gasteiger partial charge in [0.05, 0.1) is 12.5 Å². The summed E-state index contributed by atoms with van der Waals surface area (Å²) in [7, 11) is 1.71. The number of rotatable bonds is 7. The largest absolute Gasteiger partial charge is 0.347 e. The first-order chi connectivity index (χ1) is 7.56. The summed E-state index contributed by atoms with van der Waals surface area (Å²) in [5.74, 6) is -0.380. The van der Waals surface area contributed by atoms with Crippen molar-refractivity contribution in [3.8, 4) is 0 Å². The van der Waals surface area contributed by atoms with Gasteiger partial charge in [0, 0.05) is 20.1 Å². The zero-order valence-electron chi connectivity index (χ0n) is 10.5. The molecule has 0 spiro atoms. The van der Waals surface area contributed by atoms with Gasteiger partial charge in [-0.2, -0.15) is 0 Å². The van der Waals surface area contributed by atoms with Crippen LogP contribution in [0, 0.1) is 5.92 Å². The summed E-state index contributed by atoms with van der Waals surface area (Å²) < 4.78 is 0. The highest BCUT2D eigenvalue weighted by Gasteiger charge is 2.16. The zero-order valence-corrected chi connectivity index (χ0v) is 10.5. The number of nitrogens with one attached hydrogen (secondary N) is 1. The second kappa shape index (κ2) is 8.10. The highest BCUT2D eigenvalue weighted by Crippen LogP contribution is 2.03. The van der Waals surface area contributed by atoms with Crippen molar-refractivity contribution in [2.45, 2.75) is 26.7 Å². The summed E-state index contributed by atoms with van der Waals surface area (Å²) in [6.07, 6.45) is 1.68. The molecule has 0 aromatic heterocycles. The molecule has 5 heteroatoms. The number of nitrogens with zero attached hydrogens (tertiary/aromatic N) is 1. The lowest BCUT2D eigenvalue weighted by Crippen LogP contribution is -2.41. The molecule has 2 amide bonds. The molecule has 1 unspecified atom stereocenters. The highest BCUT2D eigenvalue weighted by molar-refractivity contribution is 5.85. The Hall–Kier alpha value is -1.10. The molecule has 0 fully saturated rings. The normalized spacial score (nSPS) is 12.0. The fraction of sp³-hybridized carbons (Fsp3) is 0.818. The van der Waals surface area contributed by atoms with E-state index in [-0.39, 0.29) is 24.3 Å². The number of carbonyl (C=O) groups excluding carboxylic acids is 2. The Morgan fingerprint density at radius 2 is 2.00 bits per heavy atom. The molecule has 5 nitrogen and oxygen atoms in total. The van der Waals surface area contributed by atoms with Gasteiger partial charge in [-0.15, -0.1) is 0 Å². The Morgan fingerprint density at radius 3 is 2.44 bits per heavy atom. The number of amides is 2. The van der Waals surface area contributed by atoms with E-state index in [0.29, 0.717) is 13.1 Å². The van der Waals surface area contributed by atoms with Crippen molar-refractivity contribution in [2.24, 2.45) is 11.7 Å². The van der Waals surface area contributed by atoms with Crippen LogP contribution < -0.4 is 11.1 Å². The van der Waals surface area contributed by atoms with E-state index in [2.05, 4.69) is 5.32 Å². The van der Waals surface area contributed by atoms with Crippen LogP contribution in [0.25, 0.3) is 0 Å². The molecule has 0 aliphatic heterocycles. The van der Waals surface area contributed by atoms with E-state index >= 15 is 0 Å². The summed E-state index contributed by atoms with van der Waals surface area (Å²) in [6, 6.07) is 0. The quantitative estimate of drug-likeness (QED) is 0.643. The molecule has 0 aliphatic carbocycles. The lowest BCUT2D eigenvalue weighted by molar-refractivity contribution is -0.132. The smallest absolute Gasteiger partial charge is 0.241 e. The topological polar surface area (TPSA) is 75.4 Å². The SMILES string of the molecule is CCCC(CN)C(=O)NCC(=O)N(C)CC. The van der Waals surface area contributed by atoms with Crippen LogP contribution in [0.3, 0.4) is 0 Å². The lowest BCUT2D eigenvalue weighted by atomic mass is 10.0. The Bertz CT molecular complexity index is 231. The maximum atomic E-state index is 11.6. The minimum Gasteiger partial charge on any atom is -0.347 e. The van der Waals surface area contributed by atoms with E-state index < -0.39 is 0 Å². The summed E-state index contributed by atoms with van der Waals surface area (Å²) in [5.41, 5.74) is 5.50. The van der Waals surface area contributed by atoms with Gasteiger partial charge in [0.2, 0.25) is 11.8 Å². The minimum atomic E-state index is -0.176. The van der Waals surface area contributed by atoms with Gasteiger partial charge in [0.25, 0.3) is 0 Å². The van der Waals surface area contributed by atoms with Crippen molar-refractivity contribution in [1.82, 2.24) is 10.2 Å².